The second-order valence-corrected chi connectivity index (χ2v) is 5.64. The van der Waals surface area contributed by atoms with Crippen LogP contribution in [0.5, 0.6) is 11.5 Å². The van der Waals surface area contributed by atoms with E-state index in [2.05, 4.69) is 5.32 Å². The van der Waals surface area contributed by atoms with Crippen LogP contribution < -0.4 is 14.8 Å². The van der Waals surface area contributed by atoms with Crippen molar-refractivity contribution in [3.05, 3.63) is 52.0 Å². The zero-order chi connectivity index (χ0) is 17.7. The summed E-state index contributed by atoms with van der Waals surface area (Å²) in [5, 5.41) is 12.8. The summed E-state index contributed by atoms with van der Waals surface area (Å²) in [5.41, 5.74) is 2.92. The molecule has 2 rings (SSSR count). The molecule has 24 heavy (non-hydrogen) atoms. The fraction of sp³-hybridized carbons (Fsp3) is 0.278. The van der Waals surface area contributed by atoms with Crippen LogP contribution in [0, 0.1) is 6.92 Å². The Morgan fingerprint density at radius 3 is 2.62 bits per heavy atom. The van der Waals surface area contributed by atoms with Gasteiger partial charge in [-0.2, -0.15) is 0 Å². The number of aromatic carboxylic acids is 1. The number of carbonyl (C=O) groups is 1. The highest BCUT2D eigenvalue weighted by Crippen LogP contribution is 2.36. The molecular weight excluding hydrogens is 330 g/mol. The van der Waals surface area contributed by atoms with Gasteiger partial charge in [-0.15, -0.1) is 0 Å². The number of ether oxygens (including phenoxy) is 2. The van der Waals surface area contributed by atoms with Gasteiger partial charge in [0.05, 0.1) is 24.3 Å². The molecule has 0 atom stereocenters. The topological polar surface area (TPSA) is 67.8 Å². The van der Waals surface area contributed by atoms with Crippen molar-refractivity contribution in [1.29, 1.82) is 0 Å². The lowest BCUT2D eigenvalue weighted by molar-refractivity contribution is 0.0697. The van der Waals surface area contributed by atoms with Crippen molar-refractivity contribution in [2.24, 2.45) is 0 Å². The molecule has 0 heterocycles. The van der Waals surface area contributed by atoms with Crippen LogP contribution in [0.2, 0.25) is 5.02 Å². The Morgan fingerprint density at radius 2 is 2.04 bits per heavy atom. The minimum absolute atomic E-state index is 0.267. The Kier molecular flexibility index (Phi) is 5.93. The Morgan fingerprint density at radius 1 is 1.29 bits per heavy atom. The lowest BCUT2D eigenvalue weighted by Crippen LogP contribution is -2.04. The van der Waals surface area contributed by atoms with Crippen molar-refractivity contribution < 1.29 is 19.4 Å². The van der Waals surface area contributed by atoms with Crippen molar-refractivity contribution in [3.63, 3.8) is 0 Å². The van der Waals surface area contributed by atoms with Gasteiger partial charge in [-0.25, -0.2) is 4.79 Å². The van der Waals surface area contributed by atoms with Crippen LogP contribution in [0.25, 0.3) is 0 Å². The maximum Gasteiger partial charge on any atom is 0.335 e. The number of hydrogen-bond donors (Lipinski definition) is 2. The smallest absolute Gasteiger partial charge is 0.335 e. The van der Waals surface area contributed by atoms with E-state index in [0.29, 0.717) is 29.7 Å². The first-order valence-electron chi connectivity index (χ1n) is 7.53. The molecular formula is C18H20ClNO4. The molecule has 0 amide bonds. The third-order valence-corrected chi connectivity index (χ3v) is 3.81. The number of carboxylic acids is 1. The number of aryl methyl sites for hydroxylation is 1. The average Bonchev–Trinajstić information content (AvgIpc) is 2.55. The molecule has 0 radical (unpaired) electrons. The van der Waals surface area contributed by atoms with Gasteiger partial charge in [0.1, 0.15) is 0 Å². The number of benzene rings is 2. The van der Waals surface area contributed by atoms with E-state index >= 15 is 0 Å². The third kappa shape index (κ3) is 4.11. The molecule has 0 unspecified atom stereocenters. The average molecular weight is 350 g/mol. The largest absolute Gasteiger partial charge is 0.493 e. The second-order valence-electron chi connectivity index (χ2n) is 5.23. The predicted molar refractivity (Wildman–Crippen MR) is 94.6 cm³/mol. The van der Waals surface area contributed by atoms with Gasteiger partial charge >= 0.3 is 5.97 Å². The van der Waals surface area contributed by atoms with Crippen molar-refractivity contribution in [3.8, 4) is 11.5 Å². The summed E-state index contributed by atoms with van der Waals surface area (Å²) < 4.78 is 10.8. The van der Waals surface area contributed by atoms with Gasteiger partial charge < -0.3 is 19.9 Å². The van der Waals surface area contributed by atoms with Gasteiger partial charge in [-0.3, -0.25) is 0 Å². The minimum atomic E-state index is -0.937. The van der Waals surface area contributed by atoms with Gasteiger partial charge in [0.2, 0.25) is 0 Å². The molecule has 2 aromatic carbocycles. The van der Waals surface area contributed by atoms with Gasteiger partial charge in [-0.05, 0) is 55.3 Å². The first-order valence-corrected chi connectivity index (χ1v) is 7.91. The maximum absolute atomic E-state index is 11.0. The molecule has 5 nitrogen and oxygen atoms in total. The monoisotopic (exact) mass is 349 g/mol. The van der Waals surface area contributed by atoms with Crippen molar-refractivity contribution >= 4 is 23.3 Å². The number of nitrogens with one attached hydrogen (secondary N) is 1. The van der Waals surface area contributed by atoms with Crippen LogP contribution in [0.1, 0.15) is 28.4 Å². The molecule has 0 saturated carbocycles. The summed E-state index contributed by atoms with van der Waals surface area (Å²) in [6.45, 7) is 4.77. The Hall–Kier alpha value is -2.40. The first kappa shape index (κ1) is 17.9. The minimum Gasteiger partial charge on any atom is -0.493 e. The number of carboxylic acid groups (broad SMARTS) is 1. The molecule has 0 bridgehead atoms. The molecule has 0 aliphatic heterocycles. The first-order chi connectivity index (χ1) is 11.5. The highest BCUT2D eigenvalue weighted by atomic mass is 35.5. The number of rotatable bonds is 7. The summed E-state index contributed by atoms with van der Waals surface area (Å²) in [6, 6.07) is 8.65. The number of anilines is 1. The summed E-state index contributed by atoms with van der Waals surface area (Å²) in [6.07, 6.45) is 0. The molecule has 0 saturated heterocycles. The van der Waals surface area contributed by atoms with Gasteiger partial charge in [0.25, 0.3) is 0 Å². The van der Waals surface area contributed by atoms with Crippen molar-refractivity contribution in [2.45, 2.75) is 20.4 Å². The highest BCUT2D eigenvalue weighted by Gasteiger charge is 2.12. The van der Waals surface area contributed by atoms with E-state index in [0.717, 1.165) is 16.8 Å². The number of methoxy groups -OCH3 is 1. The zero-order valence-electron chi connectivity index (χ0n) is 13.9. The molecule has 0 spiro atoms. The zero-order valence-corrected chi connectivity index (χ0v) is 14.6. The Bertz CT molecular complexity index is 746. The van der Waals surface area contributed by atoms with E-state index in [-0.39, 0.29) is 5.56 Å². The fourth-order valence-electron chi connectivity index (χ4n) is 2.35. The maximum atomic E-state index is 11.0. The number of hydrogen-bond acceptors (Lipinski definition) is 4. The van der Waals surface area contributed by atoms with E-state index in [4.69, 9.17) is 26.2 Å². The SMILES string of the molecule is CCOc1c(Cl)cc(CNc2ccc(C(=O)O)cc2C)cc1OC. The predicted octanol–water partition coefficient (Wildman–Crippen LogP) is 4.37. The molecule has 6 heteroatoms. The Labute approximate surface area is 146 Å². The highest BCUT2D eigenvalue weighted by molar-refractivity contribution is 6.32. The lowest BCUT2D eigenvalue weighted by Gasteiger charge is -2.15. The fourth-order valence-corrected chi connectivity index (χ4v) is 2.64. The molecule has 0 fully saturated rings. The molecule has 0 aliphatic carbocycles. The lowest BCUT2D eigenvalue weighted by atomic mass is 10.1. The van der Waals surface area contributed by atoms with E-state index in [1.54, 1.807) is 25.3 Å². The molecule has 128 valence electrons. The van der Waals surface area contributed by atoms with E-state index in [1.807, 2.05) is 26.0 Å². The number of halogens is 1. The quantitative estimate of drug-likeness (QED) is 0.777. The standard InChI is InChI=1S/C18H20ClNO4/c1-4-24-17-14(19)8-12(9-16(17)23-3)10-20-15-6-5-13(18(21)22)7-11(15)2/h5-9,20H,4,10H2,1-3H3,(H,21,22). The third-order valence-electron chi connectivity index (χ3n) is 3.53. The van der Waals surface area contributed by atoms with Crippen LogP contribution in [-0.2, 0) is 6.54 Å². The van der Waals surface area contributed by atoms with Crippen LogP contribution in [0.3, 0.4) is 0 Å². The molecule has 0 aromatic heterocycles. The summed E-state index contributed by atoms with van der Waals surface area (Å²) in [7, 11) is 1.57. The van der Waals surface area contributed by atoms with Gasteiger partial charge in [0, 0.05) is 12.2 Å². The van der Waals surface area contributed by atoms with Crippen LogP contribution in [0.4, 0.5) is 5.69 Å². The van der Waals surface area contributed by atoms with Crippen molar-refractivity contribution in [1.82, 2.24) is 0 Å². The molecule has 0 aliphatic rings. The van der Waals surface area contributed by atoms with E-state index in [1.165, 1.54) is 0 Å². The van der Waals surface area contributed by atoms with Crippen molar-refractivity contribution in [2.75, 3.05) is 19.0 Å². The van der Waals surface area contributed by atoms with Crippen LogP contribution >= 0.6 is 11.6 Å². The summed E-state index contributed by atoms with van der Waals surface area (Å²) >= 11 is 6.26. The second kappa shape index (κ2) is 7.93. The van der Waals surface area contributed by atoms with Gasteiger partial charge in [-0.1, -0.05) is 11.6 Å². The summed E-state index contributed by atoms with van der Waals surface area (Å²) in [5.74, 6) is 0.180. The normalized spacial score (nSPS) is 10.3. The van der Waals surface area contributed by atoms with Crippen LogP contribution in [0.15, 0.2) is 30.3 Å². The summed E-state index contributed by atoms with van der Waals surface area (Å²) in [4.78, 5) is 11.0. The molecule has 2 N–H and O–H groups in total. The van der Waals surface area contributed by atoms with Gasteiger partial charge in [0.15, 0.2) is 11.5 Å². The van der Waals surface area contributed by atoms with Crippen LogP contribution in [-0.4, -0.2) is 24.8 Å². The molecule has 2 aromatic rings. The Balaban J connectivity index is 2.17. The van der Waals surface area contributed by atoms with E-state index in [9.17, 15) is 4.79 Å². The van der Waals surface area contributed by atoms with E-state index < -0.39 is 5.97 Å².